The molecule has 3 aromatic carbocycles. The lowest BCUT2D eigenvalue weighted by Crippen LogP contribution is -2.27. The van der Waals surface area contributed by atoms with Crippen LogP contribution in [0.4, 0.5) is 5.69 Å². The molecule has 1 aliphatic heterocycles. The van der Waals surface area contributed by atoms with E-state index in [-0.39, 0.29) is 21.5 Å². The Kier molecular flexibility index (Phi) is 6.49. The topological polar surface area (TPSA) is 93.7 Å². The minimum Gasteiger partial charge on any atom is -0.486 e. The molecule has 4 rings (SSSR count). The highest BCUT2D eigenvalue weighted by atomic mass is 35.5. The highest BCUT2D eigenvalue weighted by molar-refractivity contribution is 7.92. The molecule has 0 fully saturated rings. The van der Waals surface area contributed by atoms with Crippen molar-refractivity contribution in [3.05, 3.63) is 82.4 Å². The van der Waals surface area contributed by atoms with Crippen LogP contribution in [0.2, 0.25) is 5.02 Å². The summed E-state index contributed by atoms with van der Waals surface area (Å²) in [4.78, 5) is 12.7. The van der Waals surface area contributed by atoms with E-state index in [1.807, 2.05) is 26.0 Å². The van der Waals surface area contributed by atoms with Crippen molar-refractivity contribution in [3.8, 4) is 11.5 Å². The fraction of sp³-hybridized carbons (Fsp3) is 0.208. The number of aryl methyl sites for hydroxylation is 1. The molecule has 2 N–H and O–H groups in total. The van der Waals surface area contributed by atoms with Gasteiger partial charge in [-0.3, -0.25) is 9.52 Å². The van der Waals surface area contributed by atoms with Crippen LogP contribution in [0.5, 0.6) is 11.5 Å². The number of sulfonamides is 1. The molecule has 1 amide bonds. The van der Waals surface area contributed by atoms with Gasteiger partial charge in [-0.15, -0.1) is 0 Å². The highest BCUT2D eigenvalue weighted by Crippen LogP contribution is 2.33. The zero-order valence-corrected chi connectivity index (χ0v) is 19.7. The predicted octanol–water partition coefficient (Wildman–Crippen LogP) is 4.71. The summed E-state index contributed by atoms with van der Waals surface area (Å²) in [6, 6.07) is 16.2. The van der Waals surface area contributed by atoms with Gasteiger partial charge in [-0.1, -0.05) is 35.4 Å². The Bertz CT molecular complexity index is 1290. The van der Waals surface area contributed by atoms with Crippen LogP contribution in [-0.2, 0) is 10.0 Å². The molecule has 0 bridgehead atoms. The van der Waals surface area contributed by atoms with E-state index >= 15 is 0 Å². The van der Waals surface area contributed by atoms with Gasteiger partial charge in [0.15, 0.2) is 11.5 Å². The molecule has 0 aliphatic carbocycles. The van der Waals surface area contributed by atoms with Crippen molar-refractivity contribution in [1.29, 1.82) is 0 Å². The van der Waals surface area contributed by atoms with Gasteiger partial charge in [-0.25, -0.2) is 8.42 Å². The zero-order chi connectivity index (χ0) is 23.6. The van der Waals surface area contributed by atoms with Crippen LogP contribution in [0, 0.1) is 6.92 Å². The molecule has 9 heteroatoms. The first-order valence-corrected chi connectivity index (χ1v) is 12.2. The number of carbonyl (C=O) groups is 1. The fourth-order valence-corrected chi connectivity index (χ4v) is 4.96. The first-order chi connectivity index (χ1) is 15.7. The normalized spacial score (nSPS) is 13.8. The molecular formula is C24H23ClN2O5S. The Morgan fingerprint density at radius 1 is 0.970 bits per heavy atom. The number of ether oxygens (including phenoxy) is 2. The van der Waals surface area contributed by atoms with E-state index in [9.17, 15) is 13.2 Å². The average molecular weight is 487 g/mol. The lowest BCUT2D eigenvalue weighted by Gasteiger charge is -2.21. The summed E-state index contributed by atoms with van der Waals surface area (Å²) in [5, 5.41) is 2.90. The van der Waals surface area contributed by atoms with Crippen molar-refractivity contribution in [3.63, 3.8) is 0 Å². The van der Waals surface area contributed by atoms with E-state index in [2.05, 4.69) is 10.0 Å². The molecule has 33 heavy (non-hydrogen) atoms. The summed E-state index contributed by atoms with van der Waals surface area (Å²) < 4.78 is 39.4. The Balaban J connectivity index is 1.53. The SMILES string of the molecule is Cc1ccc(NS(=O)(=O)c2cc(C(=O)NC(C)c3ccc4c(c3)OCCO4)ccc2Cl)cc1. The van der Waals surface area contributed by atoms with Gasteiger partial charge >= 0.3 is 0 Å². The number of halogens is 1. The third kappa shape index (κ3) is 5.23. The first kappa shape index (κ1) is 22.9. The van der Waals surface area contributed by atoms with E-state index in [1.165, 1.54) is 18.2 Å². The molecule has 7 nitrogen and oxygen atoms in total. The van der Waals surface area contributed by atoms with Crippen molar-refractivity contribution in [1.82, 2.24) is 5.32 Å². The van der Waals surface area contributed by atoms with Crippen LogP contribution < -0.4 is 19.5 Å². The minimum atomic E-state index is -4.00. The summed E-state index contributed by atoms with van der Waals surface area (Å²) in [7, 11) is -4.00. The van der Waals surface area contributed by atoms with Crippen LogP contribution in [-0.4, -0.2) is 27.5 Å². The second-order valence-corrected chi connectivity index (χ2v) is 9.77. The molecule has 0 saturated carbocycles. The molecule has 172 valence electrons. The molecular weight excluding hydrogens is 464 g/mol. The Hall–Kier alpha value is -3.23. The standard InChI is InChI=1S/C24H23ClN2O5S/c1-15-3-7-19(8-4-15)27-33(29,30)23-14-18(5-9-20(23)25)24(28)26-16(2)17-6-10-21-22(13-17)32-12-11-31-21/h3-10,13-14,16,27H,11-12H2,1-2H3,(H,26,28). The summed E-state index contributed by atoms with van der Waals surface area (Å²) in [5.74, 6) is 0.861. The Labute approximate surface area is 197 Å². The maximum absolute atomic E-state index is 12.9. The maximum atomic E-state index is 12.9. The van der Waals surface area contributed by atoms with E-state index in [0.29, 0.717) is 30.4 Å². The van der Waals surface area contributed by atoms with E-state index in [4.69, 9.17) is 21.1 Å². The fourth-order valence-electron chi connectivity index (χ4n) is 3.37. The predicted molar refractivity (Wildman–Crippen MR) is 127 cm³/mol. The van der Waals surface area contributed by atoms with Crippen molar-refractivity contribution >= 4 is 33.2 Å². The van der Waals surface area contributed by atoms with E-state index in [0.717, 1.165) is 11.1 Å². The van der Waals surface area contributed by atoms with Gasteiger partial charge in [0.25, 0.3) is 15.9 Å². The van der Waals surface area contributed by atoms with Gasteiger partial charge in [0.2, 0.25) is 0 Å². The van der Waals surface area contributed by atoms with Gasteiger partial charge < -0.3 is 14.8 Å². The number of fused-ring (bicyclic) bond motifs is 1. The first-order valence-electron chi connectivity index (χ1n) is 10.3. The molecule has 0 aromatic heterocycles. The number of amides is 1. The third-order valence-corrected chi connectivity index (χ3v) is 7.06. The molecule has 1 atom stereocenters. The smallest absolute Gasteiger partial charge is 0.263 e. The van der Waals surface area contributed by atoms with Gasteiger partial charge in [0, 0.05) is 11.3 Å². The van der Waals surface area contributed by atoms with Gasteiger partial charge in [-0.05, 0) is 61.9 Å². The van der Waals surface area contributed by atoms with Gasteiger partial charge in [0.1, 0.15) is 18.1 Å². The van der Waals surface area contributed by atoms with Crippen molar-refractivity contribution in [2.45, 2.75) is 24.8 Å². The lowest BCUT2D eigenvalue weighted by atomic mass is 10.1. The van der Waals surface area contributed by atoms with E-state index < -0.39 is 15.9 Å². The number of carbonyl (C=O) groups excluding carboxylic acids is 1. The molecule has 0 spiro atoms. The van der Waals surface area contributed by atoms with Gasteiger partial charge in [-0.2, -0.15) is 0 Å². The third-order valence-electron chi connectivity index (χ3n) is 5.20. The number of anilines is 1. The van der Waals surface area contributed by atoms with E-state index in [1.54, 1.807) is 30.3 Å². The zero-order valence-electron chi connectivity index (χ0n) is 18.1. The number of benzene rings is 3. The average Bonchev–Trinajstić information content (AvgIpc) is 2.80. The molecule has 1 aliphatic rings. The number of nitrogens with one attached hydrogen (secondary N) is 2. The minimum absolute atomic E-state index is 0.0195. The van der Waals surface area contributed by atoms with Crippen LogP contribution in [0.1, 0.15) is 34.5 Å². The number of rotatable bonds is 6. The number of hydrogen-bond acceptors (Lipinski definition) is 5. The Morgan fingerprint density at radius 3 is 2.39 bits per heavy atom. The van der Waals surface area contributed by atoms with Crippen LogP contribution >= 0.6 is 11.6 Å². The van der Waals surface area contributed by atoms with Gasteiger partial charge in [0.05, 0.1) is 11.1 Å². The van der Waals surface area contributed by atoms with Crippen LogP contribution in [0.25, 0.3) is 0 Å². The summed E-state index contributed by atoms with van der Waals surface area (Å²) in [6.07, 6.45) is 0. The summed E-state index contributed by atoms with van der Waals surface area (Å²) in [5.41, 5.74) is 2.41. The van der Waals surface area contributed by atoms with Crippen molar-refractivity contribution < 1.29 is 22.7 Å². The molecule has 0 saturated heterocycles. The van der Waals surface area contributed by atoms with Crippen LogP contribution in [0.3, 0.4) is 0 Å². The second kappa shape index (κ2) is 9.33. The second-order valence-electron chi connectivity index (χ2n) is 7.71. The molecule has 1 unspecified atom stereocenters. The quantitative estimate of drug-likeness (QED) is 0.526. The largest absolute Gasteiger partial charge is 0.486 e. The molecule has 3 aromatic rings. The van der Waals surface area contributed by atoms with Crippen molar-refractivity contribution in [2.24, 2.45) is 0 Å². The Morgan fingerprint density at radius 2 is 1.67 bits per heavy atom. The monoisotopic (exact) mass is 486 g/mol. The number of hydrogen-bond donors (Lipinski definition) is 2. The summed E-state index contributed by atoms with van der Waals surface area (Å²) >= 11 is 6.17. The van der Waals surface area contributed by atoms with Crippen molar-refractivity contribution in [2.75, 3.05) is 17.9 Å². The highest BCUT2D eigenvalue weighted by Gasteiger charge is 2.22. The van der Waals surface area contributed by atoms with Crippen LogP contribution in [0.15, 0.2) is 65.6 Å². The lowest BCUT2D eigenvalue weighted by molar-refractivity contribution is 0.0939. The maximum Gasteiger partial charge on any atom is 0.263 e. The summed E-state index contributed by atoms with van der Waals surface area (Å²) in [6.45, 7) is 4.70. The molecule has 1 heterocycles. The molecule has 0 radical (unpaired) electrons.